The lowest BCUT2D eigenvalue weighted by atomic mass is 10.2. The molecule has 0 unspecified atom stereocenters. The van der Waals surface area contributed by atoms with Gasteiger partial charge in [0.15, 0.2) is 0 Å². The Hall–Kier alpha value is -4.51. The number of rotatable bonds is 13. The highest BCUT2D eigenvalue weighted by Gasteiger charge is 2.47. The highest BCUT2D eigenvalue weighted by atomic mass is 16.5. The molecule has 2 heterocycles. The Labute approximate surface area is 238 Å². The summed E-state index contributed by atoms with van der Waals surface area (Å²) in [5, 5.41) is 1.78. The van der Waals surface area contributed by atoms with Crippen molar-refractivity contribution in [3.63, 3.8) is 0 Å². The van der Waals surface area contributed by atoms with Crippen molar-refractivity contribution in [2.24, 2.45) is 19.8 Å². The molecule has 0 radical (unpaired) electrons. The summed E-state index contributed by atoms with van der Waals surface area (Å²) in [6, 6.07) is 22.2. The van der Waals surface area contributed by atoms with Gasteiger partial charge in [0.1, 0.15) is 13.2 Å². The van der Waals surface area contributed by atoms with Crippen molar-refractivity contribution >= 4 is 17.8 Å². The van der Waals surface area contributed by atoms with Gasteiger partial charge in [0.2, 0.25) is 22.9 Å². The number of nitrogens with zero attached hydrogens (tertiary/aromatic N) is 4. The Bertz CT molecular complexity index is 1480. The van der Waals surface area contributed by atoms with Crippen molar-refractivity contribution in [1.82, 2.24) is 18.7 Å². The van der Waals surface area contributed by atoms with E-state index in [1.54, 1.807) is 43.6 Å². The molecule has 0 aliphatic rings. The van der Waals surface area contributed by atoms with Gasteiger partial charge in [-0.3, -0.25) is 9.59 Å². The van der Waals surface area contributed by atoms with Crippen LogP contribution in [0.15, 0.2) is 94.8 Å². The van der Waals surface area contributed by atoms with E-state index in [4.69, 9.17) is 15.2 Å². The van der Waals surface area contributed by atoms with Gasteiger partial charge in [-0.1, -0.05) is 60.7 Å². The van der Waals surface area contributed by atoms with Crippen LogP contribution in [0.3, 0.4) is 0 Å². The summed E-state index contributed by atoms with van der Waals surface area (Å²) in [5.74, 6) is -0.0350. The predicted molar refractivity (Wildman–Crippen MR) is 159 cm³/mol. The molecule has 0 saturated heterocycles. The number of carbonyl (C=O) groups excluding carboxylic acids is 1. The summed E-state index contributed by atoms with van der Waals surface area (Å²) in [4.78, 5) is 40.6. The second-order valence-corrected chi connectivity index (χ2v) is 9.57. The molecule has 0 spiro atoms. The minimum absolute atomic E-state index is 0.0175. The van der Waals surface area contributed by atoms with E-state index in [1.807, 2.05) is 67.6 Å². The van der Waals surface area contributed by atoms with Gasteiger partial charge in [0, 0.05) is 51.7 Å². The predicted octanol–water partition coefficient (Wildman–Crippen LogP) is 3.23. The molecule has 4 rings (SSSR count). The van der Waals surface area contributed by atoms with Crippen LogP contribution in [0.1, 0.15) is 18.1 Å². The lowest BCUT2D eigenvalue weighted by Gasteiger charge is -2.40. The zero-order valence-electron chi connectivity index (χ0n) is 23.6. The lowest BCUT2D eigenvalue weighted by Crippen LogP contribution is -2.59. The fourth-order valence-electron chi connectivity index (χ4n) is 4.76. The molecule has 2 aromatic heterocycles. The summed E-state index contributed by atoms with van der Waals surface area (Å²) >= 11 is 0. The van der Waals surface area contributed by atoms with Crippen molar-refractivity contribution in [2.75, 3.05) is 19.6 Å². The van der Waals surface area contributed by atoms with Crippen molar-refractivity contribution < 1.29 is 14.3 Å². The number of hydrogen-bond acceptors (Lipinski definition) is 7. The van der Waals surface area contributed by atoms with Gasteiger partial charge in [-0.05, 0) is 18.1 Å². The third kappa shape index (κ3) is 5.99. The molecule has 10 heteroatoms. The molecular formula is C31H36N5O5+. The molecule has 0 bridgehead atoms. The normalized spacial score (nSPS) is 11.4. The summed E-state index contributed by atoms with van der Waals surface area (Å²) in [5.41, 5.74) is 7.33. The van der Waals surface area contributed by atoms with E-state index in [1.165, 1.54) is 9.13 Å². The molecule has 0 fully saturated rings. The van der Waals surface area contributed by atoms with Crippen molar-refractivity contribution in [3.05, 3.63) is 117 Å². The van der Waals surface area contributed by atoms with Gasteiger partial charge < -0.3 is 24.3 Å². The molecule has 4 aromatic rings. The summed E-state index contributed by atoms with van der Waals surface area (Å²) in [6.45, 7) is 2.93. The average molecular weight is 559 g/mol. The SMILES string of the molecule is CCN(CCN)[N+](C=O)(c1ccn(C)c(=O)c1OCc1ccccc1)c1ccn(C)c(=O)c1OCc1ccccc1. The van der Waals surface area contributed by atoms with Crippen molar-refractivity contribution in [2.45, 2.75) is 20.1 Å². The zero-order chi connectivity index (χ0) is 29.4. The van der Waals surface area contributed by atoms with Crippen LogP contribution in [0.4, 0.5) is 11.4 Å². The highest BCUT2D eigenvalue weighted by molar-refractivity contribution is 5.84. The average Bonchev–Trinajstić information content (AvgIpc) is 3.00. The first-order chi connectivity index (χ1) is 19.9. The molecule has 10 nitrogen and oxygen atoms in total. The fraction of sp³-hybridized carbons (Fsp3) is 0.258. The van der Waals surface area contributed by atoms with Crippen LogP contribution in [0, 0.1) is 0 Å². The number of ether oxygens (including phenoxy) is 2. The van der Waals surface area contributed by atoms with Crippen LogP contribution < -0.4 is 30.9 Å². The van der Waals surface area contributed by atoms with E-state index in [0.29, 0.717) is 13.0 Å². The van der Waals surface area contributed by atoms with Crippen LogP contribution in [-0.4, -0.2) is 40.2 Å². The van der Waals surface area contributed by atoms with Gasteiger partial charge >= 0.3 is 6.41 Å². The van der Waals surface area contributed by atoms with Gasteiger partial charge in [-0.25, -0.2) is 4.79 Å². The molecule has 0 atom stereocenters. The minimum Gasteiger partial charge on any atom is -0.479 e. The maximum absolute atomic E-state index is 13.6. The monoisotopic (exact) mass is 558 g/mol. The van der Waals surface area contributed by atoms with Crippen LogP contribution in [0.5, 0.6) is 11.5 Å². The smallest absolute Gasteiger partial charge is 0.331 e. The van der Waals surface area contributed by atoms with E-state index in [2.05, 4.69) is 0 Å². The zero-order valence-corrected chi connectivity index (χ0v) is 23.6. The Morgan fingerprint density at radius 2 is 1.22 bits per heavy atom. The Kier molecular flexibility index (Phi) is 9.51. The van der Waals surface area contributed by atoms with Crippen LogP contribution in [0.25, 0.3) is 0 Å². The first-order valence-corrected chi connectivity index (χ1v) is 13.4. The molecule has 0 aliphatic heterocycles. The van der Waals surface area contributed by atoms with E-state index < -0.39 is 15.7 Å². The molecule has 0 saturated carbocycles. The van der Waals surface area contributed by atoms with Gasteiger partial charge in [-0.2, -0.15) is 0 Å². The molecule has 1 amide bonds. The quantitative estimate of drug-likeness (QED) is 0.152. The number of quaternary nitrogens is 1. The maximum atomic E-state index is 13.6. The van der Waals surface area contributed by atoms with Crippen LogP contribution >= 0.6 is 0 Å². The molecule has 41 heavy (non-hydrogen) atoms. The van der Waals surface area contributed by atoms with E-state index in [9.17, 15) is 14.4 Å². The van der Waals surface area contributed by atoms with E-state index >= 15 is 0 Å². The third-order valence-electron chi connectivity index (χ3n) is 6.94. The molecular weight excluding hydrogens is 522 g/mol. The Balaban J connectivity index is 1.97. The van der Waals surface area contributed by atoms with Gasteiger partial charge in [0.05, 0.1) is 6.54 Å². The lowest BCUT2D eigenvalue weighted by molar-refractivity contribution is -0.126. The summed E-state index contributed by atoms with van der Waals surface area (Å²) in [7, 11) is 3.22. The van der Waals surface area contributed by atoms with Gasteiger partial charge in [-0.15, -0.1) is 9.60 Å². The molecule has 0 aliphatic carbocycles. The summed E-state index contributed by atoms with van der Waals surface area (Å²) < 4.78 is 14.5. The van der Waals surface area contributed by atoms with E-state index in [-0.39, 0.29) is 49.2 Å². The first-order valence-electron chi connectivity index (χ1n) is 13.4. The highest BCUT2D eigenvalue weighted by Crippen LogP contribution is 2.43. The largest absolute Gasteiger partial charge is 0.479 e. The third-order valence-corrected chi connectivity index (χ3v) is 6.94. The van der Waals surface area contributed by atoms with Gasteiger partial charge in [0.25, 0.3) is 11.1 Å². The molecule has 2 aromatic carbocycles. The number of hydrogen-bond donors (Lipinski definition) is 1. The number of nitrogens with two attached hydrogens (primary N) is 1. The van der Waals surface area contributed by atoms with Crippen LogP contribution in [-0.2, 0) is 32.1 Å². The second-order valence-electron chi connectivity index (χ2n) is 9.57. The number of aryl methyl sites for hydroxylation is 2. The molecule has 214 valence electrons. The maximum Gasteiger partial charge on any atom is 0.331 e. The number of pyridine rings is 2. The number of benzene rings is 2. The number of aromatic nitrogens is 2. The Morgan fingerprint density at radius 3 is 1.59 bits per heavy atom. The van der Waals surface area contributed by atoms with E-state index in [0.717, 1.165) is 11.1 Å². The molecule has 2 N–H and O–H groups in total. The first kappa shape index (κ1) is 29.5. The number of amides is 1. The number of carbonyl (C=O) groups is 1. The topological polar surface area (TPSA) is 109 Å². The summed E-state index contributed by atoms with van der Waals surface area (Å²) in [6.07, 6.45) is 3.84. The number of likely N-dealkylation sites (N-methyl/N-ethyl adjacent to an activating group) is 1. The Morgan fingerprint density at radius 1 is 0.780 bits per heavy atom. The van der Waals surface area contributed by atoms with Crippen LogP contribution in [0.2, 0.25) is 0 Å². The standard InChI is InChI=1S/C31H36N5O5/c1-4-35(20-17-32)36(23-37,26-15-18-33(2)30(38)28(26)40-21-24-11-7-5-8-12-24)27-16-19-34(3)31(39)29(27)41-22-25-13-9-6-10-14-25/h5-16,18-19,23H,4,17,20-22,32H2,1-3H3/q+1. The second kappa shape index (κ2) is 13.2. The van der Waals surface area contributed by atoms with Crippen molar-refractivity contribution in [3.8, 4) is 11.5 Å². The minimum atomic E-state index is -0.659. The fourth-order valence-corrected chi connectivity index (χ4v) is 4.76. The van der Waals surface area contributed by atoms with Crippen molar-refractivity contribution in [1.29, 1.82) is 0 Å².